The maximum Gasteiger partial charge on any atom is 0.257 e. The predicted octanol–water partition coefficient (Wildman–Crippen LogP) is 3.03. The zero-order valence-corrected chi connectivity index (χ0v) is 11.5. The van der Waals surface area contributed by atoms with Crippen molar-refractivity contribution in [3.63, 3.8) is 0 Å². The highest BCUT2D eigenvalue weighted by atomic mass is 16.5. The van der Waals surface area contributed by atoms with Gasteiger partial charge in [0, 0.05) is 16.7 Å². The number of nitrogens with one attached hydrogen (secondary N) is 1. The van der Waals surface area contributed by atoms with Gasteiger partial charge in [-0.2, -0.15) is 4.98 Å². The van der Waals surface area contributed by atoms with Gasteiger partial charge in [-0.3, -0.25) is 4.79 Å². The molecule has 0 bridgehead atoms. The van der Waals surface area contributed by atoms with Crippen molar-refractivity contribution < 1.29 is 9.32 Å². The number of rotatable bonds is 2. The number of benzene rings is 1. The number of carbonyl (C=O) groups excluding carboxylic acids is 1. The third kappa shape index (κ3) is 3.19. The van der Waals surface area contributed by atoms with Crippen molar-refractivity contribution in [2.75, 3.05) is 5.32 Å². The summed E-state index contributed by atoms with van der Waals surface area (Å²) in [4.78, 5) is 16.1. The zero-order chi connectivity index (χ0) is 14.0. The van der Waals surface area contributed by atoms with Crippen LogP contribution in [0.5, 0.6) is 0 Å². The summed E-state index contributed by atoms with van der Waals surface area (Å²) in [5.41, 5.74) is 1.07. The molecule has 0 aliphatic rings. The second-order valence-electron chi connectivity index (χ2n) is 5.43. The highest BCUT2D eigenvalue weighted by Gasteiger charge is 2.21. The van der Waals surface area contributed by atoms with Crippen LogP contribution in [0.3, 0.4) is 0 Å². The highest BCUT2D eigenvalue weighted by Crippen LogP contribution is 2.23. The van der Waals surface area contributed by atoms with E-state index in [-0.39, 0.29) is 5.91 Å². The predicted molar refractivity (Wildman–Crippen MR) is 72.6 cm³/mol. The Morgan fingerprint density at radius 2 is 2.05 bits per heavy atom. The first kappa shape index (κ1) is 13.3. The smallest absolute Gasteiger partial charge is 0.257 e. The van der Waals surface area contributed by atoms with Gasteiger partial charge in [0.1, 0.15) is 0 Å². The summed E-state index contributed by atoms with van der Waals surface area (Å²) in [6.45, 7) is 7.37. The molecule has 19 heavy (non-hydrogen) atoms. The van der Waals surface area contributed by atoms with E-state index in [0.29, 0.717) is 17.4 Å². The molecule has 1 aromatic heterocycles. The molecule has 0 saturated heterocycles. The average molecular weight is 259 g/mol. The van der Waals surface area contributed by atoms with Crippen LogP contribution in [0.2, 0.25) is 0 Å². The maximum absolute atomic E-state index is 11.9. The fraction of sp³-hybridized carbons (Fsp3) is 0.357. The molecule has 100 valence electrons. The SMILES string of the molecule is Cc1noc(-c2cccc(NC(=O)C(C)(C)C)c2)n1. The molecule has 0 atom stereocenters. The number of hydrogen-bond acceptors (Lipinski definition) is 4. The molecule has 5 heteroatoms. The lowest BCUT2D eigenvalue weighted by Gasteiger charge is -2.17. The number of hydrogen-bond donors (Lipinski definition) is 1. The third-order valence-electron chi connectivity index (χ3n) is 2.58. The summed E-state index contributed by atoms with van der Waals surface area (Å²) in [6, 6.07) is 7.35. The van der Waals surface area contributed by atoms with Gasteiger partial charge in [0.15, 0.2) is 5.82 Å². The molecule has 0 fully saturated rings. The van der Waals surface area contributed by atoms with Gasteiger partial charge in [0.2, 0.25) is 5.91 Å². The monoisotopic (exact) mass is 259 g/mol. The fourth-order valence-corrected chi connectivity index (χ4v) is 1.46. The van der Waals surface area contributed by atoms with Gasteiger partial charge >= 0.3 is 0 Å². The van der Waals surface area contributed by atoms with Crippen LogP contribution in [-0.4, -0.2) is 16.0 Å². The number of aryl methyl sites for hydroxylation is 1. The second kappa shape index (κ2) is 4.84. The van der Waals surface area contributed by atoms with Gasteiger partial charge in [0.25, 0.3) is 5.89 Å². The van der Waals surface area contributed by atoms with E-state index in [0.717, 1.165) is 5.56 Å². The van der Waals surface area contributed by atoms with Crippen LogP contribution in [0.1, 0.15) is 26.6 Å². The van der Waals surface area contributed by atoms with Gasteiger partial charge in [-0.15, -0.1) is 0 Å². The van der Waals surface area contributed by atoms with E-state index in [2.05, 4.69) is 15.5 Å². The largest absolute Gasteiger partial charge is 0.334 e. The highest BCUT2D eigenvalue weighted by molar-refractivity contribution is 5.94. The number of amides is 1. The lowest BCUT2D eigenvalue weighted by Crippen LogP contribution is -2.27. The van der Waals surface area contributed by atoms with Crippen molar-refractivity contribution in [1.29, 1.82) is 0 Å². The number of carbonyl (C=O) groups is 1. The molecule has 0 radical (unpaired) electrons. The van der Waals surface area contributed by atoms with E-state index >= 15 is 0 Å². The van der Waals surface area contributed by atoms with E-state index in [1.54, 1.807) is 6.92 Å². The Morgan fingerprint density at radius 1 is 1.32 bits per heavy atom. The van der Waals surface area contributed by atoms with Gasteiger partial charge in [-0.1, -0.05) is 32.0 Å². The summed E-state index contributed by atoms with van der Waals surface area (Å²) < 4.78 is 5.10. The van der Waals surface area contributed by atoms with Crippen LogP contribution >= 0.6 is 0 Å². The van der Waals surface area contributed by atoms with Crippen molar-refractivity contribution in [2.24, 2.45) is 5.41 Å². The fourth-order valence-electron chi connectivity index (χ4n) is 1.46. The summed E-state index contributed by atoms with van der Waals surface area (Å²) in [6.07, 6.45) is 0. The van der Waals surface area contributed by atoms with Gasteiger partial charge in [-0.05, 0) is 25.1 Å². The molecule has 2 rings (SSSR count). The maximum atomic E-state index is 11.9. The number of aromatic nitrogens is 2. The molecule has 1 aromatic carbocycles. The summed E-state index contributed by atoms with van der Waals surface area (Å²) in [5, 5.41) is 6.62. The summed E-state index contributed by atoms with van der Waals surface area (Å²) in [5.74, 6) is 0.995. The number of anilines is 1. The van der Waals surface area contributed by atoms with Gasteiger partial charge < -0.3 is 9.84 Å². The Bertz CT molecular complexity index is 597. The van der Waals surface area contributed by atoms with Crippen molar-refractivity contribution in [3.8, 4) is 11.5 Å². The molecule has 0 unspecified atom stereocenters. The number of nitrogens with zero attached hydrogens (tertiary/aromatic N) is 2. The molecular formula is C14H17N3O2. The van der Waals surface area contributed by atoms with Gasteiger partial charge in [0.05, 0.1) is 0 Å². The molecule has 0 spiro atoms. The molecular weight excluding hydrogens is 242 g/mol. The zero-order valence-electron chi connectivity index (χ0n) is 11.5. The first-order valence-electron chi connectivity index (χ1n) is 6.08. The minimum atomic E-state index is -0.433. The molecule has 1 N–H and O–H groups in total. The van der Waals surface area contributed by atoms with E-state index in [9.17, 15) is 4.79 Å². The second-order valence-corrected chi connectivity index (χ2v) is 5.43. The summed E-state index contributed by atoms with van der Waals surface area (Å²) in [7, 11) is 0. The minimum Gasteiger partial charge on any atom is -0.334 e. The standard InChI is InChI=1S/C14H17N3O2/c1-9-15-12(19-17-9)10-6-5-7-11(8-10)16-13(18)14(2,3)4/h5-8H,1-4H3,(H,16,18). The van der Waals surface area contributed by atoms with E-state index in [1.807, 2.05) is 45.0 Å². The first-order chi connectivity index (χ1) is 8.86. The quantitative estimate of drug-likeness (QED) is 0.900. The molecule has 1 amide bonds. The lowest BCUT2D eigenvalue weighted by atomic mass is 9.95. The van der Waals surface area contributed by atoms with E-state index < -0.39 is 5.41 Å². The van der Waals surface area contributed by atoms with Crippen LogP contribution in [0.4, 0.5) is 5.69 Å². The van der Waals surface area contributed by atoms with Crippen LogP contribution in [0.15, 0.2) is 28.8 Å². The van der Waals surface area contributed by atoms with Crippen molar-refractivity contribution >= 4 is 11.6 Å². The average Bonchev–Trinajstić information content (AvgIpc) is 2.75. The Labute approximate surface area is 112 Å². The van der Waals surface area contributed by atoms with Crippen LogP contribution in [0, 0.1) is 12.3 Å². The molecule has 0 saturated carbocycles. The van der Waals surface area contributed by atoms with Crippen LogP contribution in [0.25, 0.3) is 11.5 Å². The van der Waals surface area contributed by atoms with Crippen molar-refractivity contribution in [3.05, 3.63) is 30.1 Å². The van der Waals surface area contributed by atoms with Gasteiger partial charge in [-0.25, -0.2) is 0 Å². The lowest BCUT2D eigenvalue weighted by molar-refractivity contribution is -0.123. The Morgan fingerprint density at radius 3 is 2.63 bits per heavy atom. The molecule has 1 heterocycles. The van der Waals surface area contributed by atoms with Crippen LogP contribution in [-0.2, 0) is 4.79 Å². The normalized spacial score (nSPS) is 11.4. The Kier molecular flexibility index (Phi) is 3.38. The molecule has 0 aliphatic heterocycles. The van der Waals surface area contributed by atoms with E-state index in [4.69, 9.17) is 4.52 Å². The van der Waals surface area contributed by atoms with Crippen molar-refractivity contribution in [1.82, 2.24) is 10.1 Å². The van der Waals surface area contributed by atoms with Crippen LogP contribution < -0.4 is 5.32 Å². The summed E-state index contributed by atoms with van der Waals surface area (Å²) >= 11 is 0. The Hall–Kier alpha value is -2.17. The molecule has 0 aliphatic carbocycles. The molecule has 5 nitrogen and oxygen atoms in total. The first-order valence-corrected chi connectivity index (χ1v) is 6.08. The minimum absolute atomic E-state index is 0.0358. The van der Waals surface area contributed by atoms with Crippen molar-refractivity contribution in [2.45, 2.75) is 27.7 Å². The third-order valence-corrected chi connectivity index (χ3v) is 2.58. The van der Waals surface area contributed by atoms with E-state index in [1.165, 1.54) is 0 Å². The molecule has 2 aromatic rings. The topological polar surface area (TPSA) is 68.0 Å². The Balaban J connectivity index is 2.23.